The lowest BCUT2D eigenvalue weighted by Gasteiger charge is -2.34. The normalized spacial score (nSPS) is 15.1. The third kappa shape index (κ3) is 5.98. The summed E-state index contributed by atoms with van der Waals surface area (Å²) in [6, 6.07) is 8.13. The molecule has 1 saturated heterocycles. The number of methoxy groups -OCH3 is 1. The third-order valence-electron chi connectivity index (χ3n) is 4.84. The van der Waals surface area contributed by atoms with Crippen molar-refractivity contribution in [1.29, 1.82) is 0 Å². The smallest absolute Gasteiger partial charge is 0.234 e. The minimum Gasteiger partial charge on any atom is -0.383 e. The van der Waals surface area contributed by atoms with Gasteiger partial charge in [-0.1, -0.05) is 12.1 Å². The molecule has 0 unspecified atom stereocenters. The van der Waals surface area contributed by atoms with Crippen LogP contribution in [0.4, 0.5) is 0 Å². The van der Waals surface area contributed by atoms with Crippen molar-refractivity contribution in [3.63, 3.8) is 0 Å². The highest BCUT2D eigenvalue weighted by molar-refractivity contribution is 7.18. The van der Waals surface area contributed by atoms with E-state index in [9.17, 15) is 9.59 Å². The van der Waals surface area contributed by atoms with Gasteiger partial charge in [0.1, 0.15) is 0 Å². The molecule has 1 aromatic carbocycles. The molecule has 2 heterocycles. The quantitative estimate of drug-likeness (QED) is 0.642. The molecule has 1 aliphatic rings. The van der Waals surface area contributed by atoms with E-state index in [2.05, 4.69) is 21.3 Å². The number of nitrogens with zero attached hydrogens (tertiary/aromatic N) is 3. The molecule has 28 heavy (non-hydrogen) atoms. The van der Waals surface area contributed by atoms with Crippen molar-refractivity contribution in [3.8, 4) is 0 Å². The van der Waals surface area contributed by atoms with Gasteiger partial charge >= 0.3 is 0 Å². The van der Waals surface area contributed by atoms with E-state index in [4.69, 9.17) is 4.74 Å². The standard InChI is InChI=1S/C20H28N4O3S/c1-27-14-9-21-18(25)15-23-10-12-24(13-11-23)20(26)8-4-7-19-22-16-5-2-3-6-17(16)28-19/h2-3,5-6H,4,7-15H2,1H3,(H,21,25). The van der Waals surface area contributed by atoms with Crippen molar-refractivity contribution in [2.75, 3.05) is 53.0 Å². The number of piperazine rings is 1. The average Bonchev–Trinajstić information content (AvgIpc) is 3.11. The SMILES string of the molecule is COCCNC(=O)CN1CCN(C(=O)CCCc2nc3ccccc3s2)CC1. The number of nitrogens with one attached hydrogen (secondary N) is 1. The van der Waals surface area contributed by atoms with Crippen molar-refractivity contribution in [3.05, 3.63) is 29.3 Å². The fourth-order valence-electron chi connectivity index (χ4n) is 3.28. The maximum Gasteiger partial charge on any atom is 0.234 e. The second-order valence-corrected chi connectivity index (χ2v) is 8.04. The highest BCUT2D eigenvalue weighted by Gasteiger charge is 2.22. The number of para-hydroxylation sites is 1. The van der Waals surface area contributed by atoms with Gasteiger partial charge in [-0.15, -0.1) is 11.3 Å². The number of benzene rings is 1. The lowest BCUT2D eigenvalue weighted by Crippen LogP contribution is -2.51. The second-order valence-electron chi connectivity index (χ2n) is 6.93. The van der Waals surface area contributed by atoms with Gasteiger partial charge in [0.2, 0.25) is 11.8 Å². The average molecular weight is 405 g/mol. The van der Waals surface area contributed by atoms with E-state index in [0.717, 1.165) is 36.5 Å². The molecular weight excluding hydrogens is 376 g/mol. The highest BCUT2D eigenvalue weighted by Crippen LogP contribution is 2.22. The van der Waals surface area contributed by atoms with Gasteiger partial charge in [-0.05, 0) is 25.0 Å². The molecule has 2 aromatic rings. The molecule has 8 heteroatoms. The van der Waals surface area contributed by atoms with Crippen LogP contribution in [0.15, 0.2) is 24.3 Å². The Bertz CT molecular complexity index is 754. The van der Waals surface area contributed by atoms with Crippen LogP contribution in [0.1, 0.15) is 17.8 Å². The summed E-state index contributed by atoms with van der Waals surface area (Å²) in [6.07, 6.45) is 2.21. The number of amides is 2. The largest absolute Gasteiger partial charge is 0.383 e. The number of carbonyl (C=O) groups excluding carboxylic acids is 2. The van der Waals surface area contributed by atoms with Crippen molar-refractivity contribution >= 4 is 33.4 Å². The molecular formula is C20H28N4O3S. The van der Waals surface area contributed by atoms with Gasteiger partial charge in [0.05, 0.1) is 28.4 Å². The lowest BCUT2D eigenvalue weighted by molar-refractivity contribution is -0.133. The van der Waals surface area contributed by atoms with Crippen LogP contribution in [0.2, 0.25) is 0 Å². The van der Waals surface area contributed by atoms with Crippen LogP contribution in [0, 0.1) is 0 Å². The van der Waals surface area contributed by atoms with Gasteiger partial charge in [-0.25, -0.2) is 4.98 Å². The first-order valence-corrected chi connectivity index (χ1v) is 10.6. The predicted octanol–water partition coefficient (Wildman–Crippen LogP) is 1.53. The van der Waals surface area contributed by atoms with Gasteiger partial charge < -0.3 is 15.0 Å². The Labute approximate surface area is 169 Å². The van der Waals surface area contributed by atoms with E-state index in [1.54, 1.807) is 18.4 Å². The number of hydrogen-bond donors (Lipinski definition) is 1. The van der Waals surface area contributed by atoms with E-state index >= 15 is 0 Å². The summed E-state index contributed by atoms with van der Waals surface area (Å²) in [5.74, 6) is 0.206. The van der Waals surface area contributed by atoms with Crippen LogP contribution in [0.5, 0.6) is 0 Å². The number of aromatic nitrogens is 1. The molecule has 1 aromatic heterocycles. The zero-order valence-electron chi connectivity index (χ0n) is 16.4. The molecule has 1 fully saturated rings. The van der Waals surface area contributed by atoms with E-state index in [0.29, 0.717) is 39.2 Å². The first kappa shape index (κ1) is 20.7. The maximum atomic E-state index is 12.5. The third-order valence-corrected chi connectivity index (χ3v) is 5.94. The number of aryl methyl sites for hydroxylation is 1. The molecule has 3 rings (SSSR count). The Hall–Kier alpha value is -2.03. The maximum absolute atomic E-state index is 12.5. The molecule has 1 aliphatic heterocycles. The molecule has 0 bridgehead atoms. The zero-order chi connectivity index (χ0) is 19.8. The fourth-order valence-corrected chi connectivity index (χ4v) is 4.29. The summed E-state index contributed by atoms with van der Waals surface area (Å²) in [4.78, 5) is 32.9. The summed E-state index contributed by atoms with van der Waals surface area (Å²) in [7, 11) is 1.61. The predicted molar refractivity (Wildman–Crippen MR) is 110 cm³/mol. The topological polar surface area (TPSA) is 74.8 Å². The number of carbonyl (C=O) groups is 2. The molecule has 2 amide bonds. The summed E-state index contributed by atoms with van der Waals surface area (Å²) < 4.78 is 6.12. The monoisotopic (exact) mass is 404 g/mol. The summed E-state index contributed by atoms with van der Waals surface area (Å²) in [5.41, 5.74) is 1.04. The van der Waals surface area contributed by atoms with E-state index in [1.165, 1.54) is 4.70 Å². The van der Waals surface area contributed by atoms with E-state index in [-0.39, 0.29) is 11.8 Å². The molecule has 0 atom stereocenters. The lowest BCUT2D eigenvalue weighted by atomic mass is 10.2. The Kier molecular flexibility index (Phi) is 7.76. The van der Waals surface area contributed by atoms with Crippen LogP contribution < -0.4 is 5.32 Å². The number of rotatable bonds is 9. The minimum absolute atomic E-state index is 0.00709. The van der Waals surface area contributed by atoms with Crippen molar-refractivity contribution in [2.45, 2.75) is 19.3 Å². The van der Waals surface area contributed by atoms with Gasteiger partial charge in [0.15, 0.2) is 0 Å². The number of hydrogen-bond acceptors (Lipinski definition) is 6. The van der Waals surface area contributed by atoms with Crippen LogP contribution >= 0.6 is 11.3 Å². The highest BCUT2D eigenvalue weighted by atomic mass is 32.1. The summed E-state index contributed by atoms with van der Waals surface area (Å²) in [6.45, 7) is 4.27. The van der Waals surface area contributed by atoms with Gasteiger partial charge in [-0.3, -0.25) is 14.5 Å². The molecule has 152 valence electrons. The summed E-state index contributed by atoms with van der Waals surface area (Å²) >= 11 is 1.71. The van der Waals surface area contributed by atoms with Gasteiger partial charge in [0.25, 0.3) is 0 Å². The molecule has 1 N–H and O–H groups in total. The second kappa shape index (κ2) is 10.5. The van der Waals surface area contributed by atoms with Gasteiger partial charge in [-0.2, -0.15) is 0 Å². The zero-order valence-corrected chi connectivity index (χ0v) is 17.2. The minimum atomic E-state index is 0.00709. The number of thiazole rings is 1. The Balaban J connectivity index is 1.34. The van der Waals surface area contributed by atoms with E-state index < -0.39 is 0 Å². The summed E-state index contributed by atoms with van der Waals surface area (Å²) in [5, 5.41) is 3.92. The first-order valence-electron chi connectivity index (χ1n) is 9.76. The molecule has 0 aliphatic carbocycles. The van der Waals surface area contributed by atoms with Gasteiger partial charge in [0, 0.05) is 46.3 Å². The number of fused-ring (bicyclic) bond motifs is 1. The Morgan fingerprint density at radius 3 is 2.75 bits per heavy atom. The van der Waals surface area contributed by atoms with Crippen LogP contribution in [-0.4, -0.2) is 79.6 Å². The molecule has 7 nitrogen and oxygen atoms in total. The fraction of sp³-hybridized carbons (Fsp3) is 0.550. The van der Waals surface area contributed by atoms with Crippen molar-refractivity contribution in [1.82, 2.24) is 20.1 Å². The number of ether oxygens (including phenoxy) is 1. The molecule has 0 spiro atoms. The first-order chi connectivity index (χ1) is 13.7. The van der Waals surface area contributed by atoms with Crippen molar-refractivity contribution < 1.29 is 14.3 Å². The Morgan fingerprint density at radius 1 is 1.21 bits per heavy atom. The Morgan fingerprint density at radius 2 is 2.00 bits per heavy atom. The van der Waals surface area contributed by atoms with Crippen LogP contribution in [-0.2, 0) is 20.7 Å². The van der Waals surface area contributed by atoms with Crippen molar-refractivity contribution in [2.24, 2.45) is 0 Å². The van der Waals surface area contributed by atoms with Crippen LogP contribution in [0.25, 0.3) is 10.2 Å². The van der Waals surface area contributed by atoms with E-state index in [1.807, 2.05) is 23.1 Å². The molecule has 0 radical (unpaired) electrons. The molecule has 0 saturated carbocycles. The van der Waals surface area contributed by atoms with Crippen LogP contribution in [0.3, 0.4) is 0 Å².